The van der Waals surface area contributed by atoms with E-state index < -0.39 is 42.4 Å². The van der Waals surface area contributed by atoms with Crippen molar-refractivity contribution in [2.45, 2.75) is 89.6 Å². The molecule has 1 aliphatic heterocycles. The lowest BCUT2D eigenvalue weighted by atomic mass is 9.88. The molecule has 1 aromatic rings. The van der Waals surface area contributed by atoms with E-state index in [1.165, 1.54) is 19.4 Å². The highest BCUT2D eigenvalue weighted by Gasteiger charge is 2.35. The van der Waals surface area contributed by atoms with E-state index in [1.807, 2.05) is 6.92 Å². The van der Waals surface area contributed by atoms with Crippen molar-refractivity contribution in [3.8, 4) is 11.5 Å². The lowest BCUT2D eigenvalue weighted by Gasteiger charge is -2.31. The largest absolute Gasteiger partial charge is 0.503 e. The van der Waals surface area contributed by atoms with Crippen molar-refractivity contribution < 1.29 is 42.1 Å². The molecule has 1 amide bonds. The highest BCUT2D eigenvalue weighted by molar-refractivity contribution is 5.97. The number of alkyl halides is 3. The Morgan fingerprint density at radius 3 is 2.71 bits per heavy atom. The minimum atomic E-state index is -4.23. The third-order valence-corrected chi connectivity index (χ3v) is 6.10. The second kappa shape index (κ2) is 13.5. The third kappa shape index (κ3) is 8.87. The zero-order valence-corrected chi connectivity index (χ0v) is 20.4. The SMILES string of the molecule is CCCCC1C(C)OC(=O)C(NC(=O)c2nccc(OC)c2O)CCCC1OCCCC(F)(F)F. The van der Waals surface area contributed by atoms with Gasteiger partial charge in [-0.1, -0.05) is 19.8 Å². The van der Waals surface area contributed by atoms with E-state index >= 15 is 0 Å². The Morgan fingerprint density at radius 1 is 1.31 bits per heavy atom. The molecule has 0 aromatic carbocycles. The number of aromatic hydroxyl groups is 1. The number of nitrogens with one attached hydrogen (secondary N) is 1. The molecule has 8 nitrogen and oxygen atoms in total. The number of pyridine rings is 1. The topological polar surface area (TPSA) is 107 Å². The molecule has 1 aromatic heterocycles. The number of esters is 1. The van der Waals surface area contributed by atoms with Crippen LogP contribution in [0.1, 0.15) is 75.7 Å². The van der Waals surface area contributed by atoms with Crippen LogP contribution in [-0.4, -0.2) is 60.1 Å². The molecule has 0 spiro atoms. The molecular formula is C24H35F3N2O6. The van der Waals surface area contributed by atoms with Crippen molar-refractivity contribution in [3.63, 3.8) is 0 Å². The predicted octanol–water partition coefficient (Wildman–Crippen LogP) is 4.54. The van der Waals surface area contributed by atoms with E-state index in [1.54, 1.807) is 6.92 Å². The molecule has 0 aliphatic carbocycles. The van der Waals surface area contributed by atoms with E-state index in [9.17, 15) is 27.9 Å². The summed E-state index contributed by atoms with van der Waals surface area (Å²) in [6, 6.07) is 0.418. The number of carbonyl (C=O) groups is 2. The molecule has 4 atom stereocenters. The zero-order chi connectivity index (χ0) is 26.0. The maximum absolute atomic E-state index is 12.9. The molecule has 1 aliphatic rings. The first kappa shape index (κ1) is 28.7. The van der Waals surface area contributed by atoms with Crippen molar-refractivity contribution >= 4 is 11.9 Å². The number of rotatable bonds is 10. The van der Waals surface area contributed by atoms with Crippen LogP contribution in [0.15, 0.2) is 12.3 Å². The lowest BCUT2D eigenvalue weighted by molar-refractivity contribution is -0.157. The summed E-state index contributed by atoms with van der Waals surface area (Å²) in [5.74, 6) is -1.92. The van der Waals surface area contributed by atoms with Crippen LogP contribution in [0, 0.1) is 5.92 Å². The summed E-state index contributed by atoms with van der Waals surface area (Å²) >= 11 is 0. The monoisotopic (exact) mass is 504 g/mol. The van der Waals surface area contributed by atoms with Gasteiger partial charge in [0.1, 0.15) is 12.1 Å². The highest BCUT2D eigenvalue weighted by atomic mass is 19.4. The van der Waals surface area contributed by atoms with Crippen LogP contribution in [0.4, 0.5) is 13.2 Å². The smallest absolute Gasteiger partial charge is 0.389 e. The Labute approximate surface area is 203 Å². The molecule has 2 heterocycles. The number of cyclic esters (lactones) is 1. The van der Waals surface area contributed by atoms with Gasteiger partial charge in [0, 0.05) is 31.2 Å². The maximum Gasteiger partial charge on any atom is 0.389 e. The Morgan fingerprint density at radius 2 is 2.06 bits per heavy atom. The first-order valence-electron chi connectivity index (χ1n) is 12.0. The molecule has 0 saturated carbocycles. The van der Waals surface area contributed by atoms with Crippen LogP contribution in [0.3, 0.4) is 0 Å². The van der Waals surface area contributed by atoms with Gasteiger partial charge < -0.3 is 24.6 Å². The molecule has 0 bridgehead atoms. The standard InChI is InChI=1S/C24H35F3N2O6/c1-4-5-8-16-15(2)35-23(32)17(9-6-10-18(16)34-14-7-12-24(25,26)27)29-22(31)20-21(30)19(33-3)11-13-28-20/h11,13,15-18,30H,4-10,12,14H2,1-3H3,(H,29,31). The number of hydrogen-bond donors (Lipinski definition) is 2. The van der Waals surface area contributed by atoms with Crippen LogP contribution < -0.4 is 10.1 Å². The molecule has 0 radical (unpaired) electrons. The van der Waals surface area contributed by atoms with Crippen LogP contribution in [0.2, 0.25) is 0 Å². The molecule has 11 heteroatoms. The fraction of sp³-hybridized carbons (Fsp3) is 0.708. The average Bonchev–Trinajstić information content (AvgIpc) is 2.84. The summed E-state index contributed by atoms with van der Waals surface area (Å²) in [6.45, 7) is 3.73. The number of hydrogen-bond acceptors (Lipinski definition) is 7. The van der Waals surface area contributed by atoms with E-state index in [0.29, 0.717) is 19.3 Å². The van der Waals surface area contributed by atoms with Gasteiger partial charge in [-0.25, -0.2) is 9.78 Å². The van der Waals surface area contributed by atoms with E-state index in [4.69, 9.17) is 14.2 Å². The quantitative estimate of drug-likeness (QED) is 0.356. The Balaban J connectivity index is 2.11. The van der Waals surface area contributed by atoms with Gasteiger partial charge in [0.15, 0.2) is 17.2 Å². The highest BCUT2D eigenvalue weighted by Crippen LogP contribution is 2.30. The average molecular weight is 505 g/mol. The zero-order valence-electron chi connectivity index (χ0n) is 20.4. The van der Waals surface area contributed by atoms with Crippen molar-refractivity contribution in [3.05, 3.63) is 18.0 Å². The van der Waals surface area contributed by atoms with Crippen molar-refractivity contribution in [2.75, 3.05) is 13.7 Å². The lowest BCUT2D eigenvalue weighted by Crippen LogP contribution is -2.43. The minimum Gasteiger partial charge on any atom is -0.503 e. The maximum atomic E-state index is 12.9. The number of amides is 1. The molecule has 1 fully saturated rings. The molecular weight excluding hydrogens is 469 g/mol. The number of aromatic nitrogens is 1. The number of carbonyl (C=O) groups excluding carboxylic acids is 2. The Kier molecular flexibility index (Phi) is 11.1. The van der Waals surface area contributed by atoms with Gasteiger partial charge in [-0.05, 0) is 39.0 Å². The van der Waals surface area contributed by atoms with E-state index in [-0.39, 0.29) is 42.9 Å². The number of nitrogens with zero attached hydrogens (tertiary/aromatic N) is 1. The summed E-state index contributed by atoms with van der Waals surface area (Å²) in [6.07, 6.45) is -1.19. The fourth-order valence-electron chi connectivity index (χ4n) is 4.21. The number of methoxy groups -OCH3 is 1. The fourth-order valence-corrected chi connectivity index (χ4v) is 4.21. The van der Waals surface area contributed by atoms with Crippen molar-refractivity contribution in [1.29, 1.82) is 0 Å². The normalized spacial score (nSPS) is 23.5. The van der Waals surface area contributed by atoms with Gasteiger partial charge in [0.05, 0.1) is 13.2 Å². The summed E-state index contributed by atoms with van der Waals surface area (Å²) < 4.78 is 54.1. The number of unbranched alkanes of at least 4 members (excludes halogenated alkanes) is 1. The first-order chi connectivity index (χ1) is 16.6. The Hall–Kier alpha value is -2.56. The number of ether oxygens (including phenoxy) is 3. The van der Waals surface area contributed by atoms with Crippen LogP contribution in [0.25, 0.3) is 0 Å². The molecule has 1 saturated heterocycles. The van der Waals surface area contributed by atoms with Gasteiger partial charge in [-0.3, -0.25) is 4.79 Å². The summed E-state index contributed by atoms with van der Waals surface area (Å²) in [7, 11) is 1.34. The van der Waals surface area contributed by atoms with E-state index in [0.717, 1.165) is 12.8 Å². The van der Waals surface area contributed by atoms with Gasteiger partial charge in [-0.2, -0.15) is 13.2 Å². The third-order valence-electron chi connectivity index (χ3n) is 6.10. The van der Waals surface area contributed by atoms with Gasteiger partial charge in [0.25, 0.3) is 5.91 Å². The minimum absolute atomic E-state index is 0.0333. The molecule has 2 N–H and O–H groups in total. The van der Waals surface area contributed by atoms with Gasteiger partial charge in [-0.15, -0.1) is 0 Å². The predicted molar refractivity (Wildman–Crippen MR) is 121 cm³/mol. The summed E-state index contributed by atoms with van der Waals surface area (Å²) in [5, 5.41) is 12.8. The molecule has 4 unspecified atom stereocenters. The summed E-state index contributed by atoms with van der Waals surface area (Å²) in [5.41, 5.74) is -0.281. The van der Waals surface area contributed by atoms with Crippen LogP contribution >= 0.6 is 0 Å². The van der Waals surface area contributed by atoms with Gasteiger partial charge in [0.2, 0.25) is 0 Å². The molecule has 2 rings (SSSR count). The second-order valence-electron chi connectivity index (χ2n) is 8.74. The van der Waals surface area contributed by atoms with Crippen LogP contribution in [0.5, 0.6) is 11.5 Å². The van der Waals surface area contributed by atoms with Gasteiger partial charge >= 0.3 is 12.1 Å². The second-order valence-corrected chi connectivity index (χ2v) is 8.74. The van der Waals surface area contributed by atoms with Crippen LogP contribution in [-0.2, 0) is 14.3 Å². The first-order valence-corrected chi connectivity index (χ1v) is 12.0. The number of halogens is 3. The molecule has 35 heavy (non-hydrogen) atoms. The van der Waals surface area contributed by atoms with Crippen molar-refractivity contribution in [2.24, 2.45) is 5.92 Å². The Bertz CT molecular complexity index is 836. The van der Waals surface area contributed by atoms with E-state index in [2.05, 4.69) is 10.3 Å². The molecule has 198 valence electrons. The van der Waals surface area contributed by atoms with Crippen molar-refractivity contribution in [1.82, 2.24) is 10.3 Å². The summed E-state index contributed by atoms with van der Waals surface area (Å²) in [4.78, 5) is 29.5.